The Kier molecular flexibility index (Phi) is 6.19. The zero-order valence-electron chi connectivity index (χ0n) is 13.5. The first kappa shape index (κ1) is 17.9. The van der Waals surface area contributed by atoms with Gasteiger partial charge in [0, 0.05) is 13.1 Å². The summed E-state index contributed by atoms with van der Waals surface area (Å²) in [4.78, 5) is 2.30. The van der Waals surface area contributed by atoms with Gasteiger partial charge in [0.15, 0.2) is 0 Å². The zero-order chi connectivity index (χ0) is 16.1. The molecule has 6 heteroatoms. The van der Waals surface area contributed by atoms with Crippen molar-refractivity contribution < 1.29 is 13.2 Å². The molecule has 1 rings (SSSR count). The first-order valence-corrected chi connectivity index (χ1v) is 8.52. The monoisotopic (exact) mass is 314 g/mol. The third kappa shape index (κ3) is 6.03. The molecular weight excluding hydrogens is 288 g/mol. The lowest BCUT2D eigenvalue weighted by molar-refractivity contribution is 0.242. The van der Waals surface area contributed by atoms with Crippen LogP contribution >= 0.6 is 0 Å². The first-order chi connectivity index (χ1) is 9.66. The Morgan fingerprint density at radius 2 is 1.76 bits per heavy atom. The van der Waals surface area contributed by atoms with Crippen molar-refractivity contribution in [3.63, 3.8) is 0 Å². The van der Waals surface area contributed by atoms with E-state index in [2.05, 4.69) is 4.72 Å². The SMILES string of the molecule is CCOc1ccc(S(=O)(=O)NCC(C)(C)CN(C)C)cc1. The number of nitrogens with zero attached hydrogens (tertiary/aromatic N) is 1. The number of rotatable bonds is 8. The molecule has 1 aromatic rings. The van der Waals surface area contributed by atoms with Crippen molar-refractivity contribution in [1.82, 2.24) is 9.62 Å². The Morgan fingerprint density at radius 3 is 2.24 bits per heavy atom. The van der Waals surface area contributed by atoms with Gasteiger partial charge in [0.2, 0.25) is 10.0 Å². The highest BCUT2D eigenvalue weighted by molar-refractivity contribution is 7.89. The summed E-state index contributed by atoms with van der Waals surface area (Å²) in [5.74, 6) is 0.671. The Balaban J connectivity index is 2.73. The van der Waals surface area contributed by atoms with E-state index >= 15 is 0 Å². The van der Waals surface area contributed by atoms with Gasteiger partial charge in [-0.3, -0.25) is 0 Å². The van der Waals surface area contributed by atoms with E-state index in [0.717, 1.165) is 6.54 Å². The van der Waals surface area contributed by atoms with Gasteiger partial charge >= 0.3 is 0 Å². The molecule has 120 valence electrons. The average Bonchev–Trinajstić information content (AvgIpc) is 2.36. The van der Waals surface area contributed by atoms with Crippen molar-refractivity contribution in [3.8, 4) is 5.75 Å². The summed E-state index contributed by atoms with van der Waals surface area (Å²) in [6, 6.07) is 6.46. The molecule has 0 saturated carbocycles. The van der Waals surface area contributed by atoms with E-state index in [1.165, 1.54) is 0 Å². The number of sulfonamides is 1. The van der Waals surface area contributed by atoms with Gasteiger partial charge in [0.05, 0.1) is 11.5 Å². The van der Waals surface area contributed by atoms with Crippen LogP contribution in [-0.2, 0) is 10.0 Å². The molecule has 0 spiro atoms. The number of benzene rings is 1. The van der Waals surface area contributed by atoms with Gasteiger partial charge in [-0.15, -0.1) is 0 Å². The summed E-state index contributed by atoms with van der Waals surface area (Å²) in [5.41, 5.74) is -0.137. The van der Waals surface area contributed by atoms with Crippen molar-refractivity contribution in [1.29, 1.82) is 0 Å². The zero-order valence-corrected chi connectivity index (χ0v) is 14.3. The summed E-state index contributed by atoms with van der Waals surface area (Å²) >= 11 is 0. The minimum atomic E-state index is -3.49. The second-order valence-electron chi connectivity index (χ2n) is 6.13. The van der Waals surface area contributed by atoms with E-state index in [9.17, 15) is 8.42 Å². The van der Waals surface area contributed by atoms with Crippen LogP contribution in [0.5, 0.6) is 5.75 Å². The van der Waals surface area contributed by atoms with Gasteiger partial charge < -0.3 is 9.64 Å². The summed E-state index contributed by atoms with van der Waals surface area (Å²) < 4.78 is 32.5. The van der Waals surface area contributed by atoms with E-state index < -0.39 is 10.0 Å². The third-order valence-corrected chi connectivity index (χ3v) is 4.35. The minimum Gasteiger partial charge on any atom is -0.494 e. The summed E-state index contributed by atoms with van der Waals surface area (Å²) in [5, 5.41) is 0. The van der Waals surface area contributed by atoms with Crippen molar-refractivity contribution in [2.24, 2.45) is 5.41 Å². The predicted octanol–water partition coefficient (Wildman–Crippen LogP) is 1.95. The molecule has 1 aromatic carbocycles. The van der Waals surface area contributed by atoms with Gasteiger partial charge in [0.1, 0.15) is 5.75 Å². The lowest BCUT2D eigenvalue weighted by atomic mass is 9.93. The molecule has 0 atom stereocenters. The molecule has 0 aliphatic carbocycles. The second kappa shape index (κ2) is 7.24. The van der Waals surface area contributed by atoms with Crippen molar-refractivity contribution in [3.05, 3.63) is 24.3 Å². The fraction of sp³-hybridized carbons (Fsp3) is 0.600. The van der Waals surface area contributed by atoms with Crippen LogP contribution in [0.3, 0.4) is 0 Å². The molecule has 0 radical (unpaired) electrons. The number of ether oxygens (including phenoxy) is 1. The smallest absolute Gasteiger partial charge is 0.240 e. The summed E-state index contributed by atoms with van der Waals surface area (Å²) in [6.07, 6.45) is 0. The van der Waals surface area contributed by atoms with Gasteiger partial charge in [-0.1, -0.05) is 13.8 Å². The van der Waals surface area contributed by atoms with Crippen LogP contribution in [0.15, 0.2) is 29.2 Å². The topological polar surface area (TPSA) is 58.6 Å². The Hall–Kier alpha value is -1.11. The molecule has 0 aliphatic rings. The minimum absolute atomic E-state index is 0.137. The van der Waals surface area contributed by atoms with Crippen molar-refractivity contribution in [2.75, 3.05) is 33.8 Å². The molecule has 21 heavy (non-hydrogen) atoms. The Labute approximate surface area is 128 Å². The quantitative estimate of drug-likeness (QED) is 0.797. The van der Waals surface area contributed by atoms with E-state index in [-0.39, 0.29) is 10.3 Å². The van der Waals surface area contributed by atoms with Crippen LogP contribution in [-0.4, -0.2) is 47.1 Å². The maximum atomic E-state index is 12.3. The molecule has 1 N–H and O–H groups in total. The number of hydrogen-bond donors (Lipinski definition) is 1. The van der Waals surface area contributed by atoms with Crippen molar-refractivity contribution in [2.45, 2.75) is 25.7 Å². The van der Waals surface area contributed by atoms with Crippen LogP contribution in [0.4, 0.5) is 0 Å². The first-order valence-electron chi connectivity index (χ1n) is 7.03. The van der Waals surface area contributed by atoms with Gasteiger partial charge in [-0.2, -0.15) is 0 Å². The maximum absolute atomic E-state index is 12.3. The fourth-order valence-electron chi connectivity index (χ4n) is 2.17. The van der Waals surface area contributed by atoms with E-state index in [1.54, 1.807) is 24.3 Å². The fourth-order valence-corrected chi connectivity index (χ4v) is 3.41. The van der Waals surface area contributed by atoms with Gasteiger partial charge in [0.25, 0.3) is 0 Å². The standard InChI is InChI=1S/C15H26N2O3S/c1-6-20-13-7-9-14(10-8-13)21(18,19)16-11-15(2,3)12-17(4)5/h7-10,16H,6,11-12H2,1-5H3. The Bertz CT molecular complexity index is 537. The maximum Gasteiger partial charge on any atom is 0.240 e. The second-order valence-corrected chi connectivity index (χ2v) is 7.90. The van der Waals surface area contributed by atoms with E-state index in [0.29, 0.717) is 18.9 Å². The molecule has 0 aromatic heterocycles. The van der Waals surface area contributed by atoms with E-state index in [1.807, 2.05) is 39.8 Å². The lowest BCUT2D eigenvalue weighted by Gasteiger charge is -2.28. The highest BCUT2D eigenvalue weighted by Gasteiger charge is 2.23. The Morgan fingerprint density at radius 1 is 1.19 bits per heavy atom. The highest BCUT2D eigenvalue weighted by Crippen LogP contribution is 2.18. The molecule has 0 bridgehead atoms. The molecule has 0 aliphatic heterocycles. The van der Waals surface area contributed by atoms with Crippen LogP contribution < -0.4 is 9.46 Å². The normalized spacial score (nSPS) is 12.7. The number of nitrogens with one attached hydrogen (secondary N) is 1. The number of hydrogen-bond acceptors (Lipinski definition) is 4. The molecule has 0 saturated heterocycles. The van der Waals surface area contributed by atoms with Gasteiger partial charge in [-0.05, 0) is 50.7 Å². The average molecular weight is 314 g/mol. The highest BCUT2D eigenvalue weighted by atomic mass is 32.2. The summed E-state index contributed by atoms with van der Waals surface area (Å²) in [6.45, 7) is 7.71. The van der Waals surface area contributed by atoms with Crippen LogP contribution in [0.2, 0.25) is 0 Å². The lowest BCUT2D eigenvalue weighted by Crippen LogP contribution is -2.39. The molecule has 0 heterocycles. The molecular formula is C15H26N2O3S. The van der Waals surface area contributed by atoms with Crippen LogP contribution in [0, 0.1) is 5.41 Å². The van der Waals surface area contributed by atoms with Gasteiger partial charge in [-0.25, -0.2) is 13.1 Å². The molecule has 0 unspecified atom stereocenters. The molecule has 0 amide bonds. The van der Waals surface area contributed by atoms with Crippen molar-refractivity contribution >= 4 is 10.0 Å². The third-order valence-electron chi connectivity index (χ3n) is 2.93. The largest absolute Gasteiger partial charge is 0.494 e. The van der Waals surface area contributed by atoms with Crippen LogP contribution in [0.1, 0.15) is 20.8 Å². The van der Waals surface area contributed by atoms with Crippen LogP contribution in [0.25, 0.3) is 0 Å². The predicted molar refractivity (Wildman–Crippen MR) is 85.1 cm³/mol. The van der Waals surface area contributed by atoms with E-state index in [4.69, 9.17) is 4.74 Å². The molecule has 5 nitrogen and oxygen atoms in total. The summed E-state index contributed by atoms with van der Waals surface area (Å²) in [7, 11) is 0.465. The molecule has 0 fully saturated rings.